The zero-order valence-corrected chi connectivity index (χ0v) is 14.3. The Bertz CT molecular complexity index is 1180. The van der Waals surface area contributed by atoms with Crippen molar-refractivity contribution < 1.29 is 4.39 Å². The van der Waals surface area contributed by atoms with E-state index in [-0.39, 0.29) is 5.82 Å². The van der Waals surface area contributed by atoms with Crippen molar-refractivity contribution in [2.45, 2.75) is 6.54 Å². The summed E-state index contributed by atoms with van der Waals surface area (Å²) in [4.78, 5) is 12.4. The summed E-state index contributed by atoms with van der Waals surface area (Å²) < 4.78 is 17.2. The average Bonchev–Trinajstić information content (AvgIpc) is 3.40. The molecule has 0 bridgehead atoms. The summed E-state index contributed by atoms with van der Waals surface area (Å²) in [5.41, 5.74) is 3.33. The molecule has 0 unspecified atom stereocenters. The molecule has 0 aliphatic heterocycles. The summed E-state index contributed by atoms with van der Waals surface area (Å²) >= 11 is 1.56. The van der Waals surface area contributed by atoms with Gasteiger partial charge in [-0.25, -0.2) is 19.0 Å². The van der Waals surface area contributed by atoms with E-state index in [0.29, 0.717) is 6.54 Å². The molecular formula is C18H13FN6S. The molecule has 5 rings (SSSR count). The van der Waals surface area contributed by atoms with E-state index in [2.05, 4.69) is 15.1 Å². The Morgan fingerprint density at radius 1 is 1.19 bits per heavy atom. The van der Waals surface area contributed by atoms with Crippen molar-refractivity contribution in [2.75, 3.05) is 0 Å². The number of hydrogen-bond acceptors (Lipinski definition) is 4. The second-order valence-corrected chi connectivity index (χ2v) is 6.71. The van der Waals surface area contributed by atoms with Gasteiger partial charge in [0, 0.05) is 17.8 Å². The summed E-state index contributed by atoms with van der Waals surface area (Å²) in [5.74, 6) is 0.487. The molecule has 128 valence electrons. The first kappa shape index (κ1) is 15.0. The molecule has 1 aromatic carbocycles. The highest BCUT2D eigenvalue weighted by Crippen LogP contribution is 2.25. The maximum Gasteiger partial charge on any atom is 0.194 e. The maximum atomic E-state index is 13.4. The topological polar surface area (TPSA) is 64.3 Å². The number of benzene rings is 1. The highest BCUT2D eigenvalue weighted by Gasteiger charge is 2.15. The van der Waals surface area contributed by atoms with Gasteiger partial charge in [0.1, 0.15) is 11.3 Å². The van der Waals surface area contributed by atoms with Crippen molar-refractivity contribution >= 4 is 22.5 Å². The van der Waals surface area contributed by atoms with Crippen LogP contribution >= 0.6 is 11.3 Å². The molecule has 4 aromatic heterocycles. The summed E-state index contributed by atoms with van der Waals surface area (Å²) in [6, 6.07) is 10.5. The Morgan fingerprint density at radius 2 is 2.15 bits per heavy atom. The van der Waals surface area contributed by atoms with Gasteiger partial charge in [-0.05, 0) is 29.8 Å². The number of hydrogen-bond donors (Lipinski definition) is 1. The van der Waals surface area contributed by atoms with Gasteiger partial charge in [0.2, 0.25) is 0 Å². The van der Waals surface area contributed by atoms with E-state index in [4.69, 9.17) is 4.98 Å². The third-order valence-corrected chi connectivity index (χ3v) is 4.89. The Morgan fingerprint density at radius 3 is 3.00 bits per heavy atom. The van der Waals surface area contributed by atoms with Crippen LogP contribution in [0.15, 0.2) is 60.4 Å². The van der Waals surface area contributed by atoms with Crippen LogP contribution in [0.1, 0.15) is 5.56 Å². The number of aromatic nitrogens is 6. The van der Waals surface area contributed by atoms with Crippen molar-refractivity contribution in [3.63, 3.8) is 0 Å². The third kappa shape index (κ3) is 2.51. The fraction of sp³-hybridized carbons (Fsp3) is 0.0556. The number of H-pyrrole nitrogens is 1. The van der Waals surface area contributed by atoms with E-state index in [1.165, 1.54) is 12.1 Å². The summed E-state index contributed by atoms with van der Waals surface area (Å²) in [6.45, 7) is 0.457. The van der Waals surface area contributed by atoms with Gasteiger partial charge < -0.3 is 4.98 Å². The van der Waals surface area contributed by atoms with Crippen LogP contribution in [0.25, 0.3) is 27.8 Å². The number of nitrogens with zero attached hydrogens (tertiary/aromatic N) is 5. The minimum atomic E-state index is -0.255. The van der Waals surface area contributed by atoms with Crippen LogP contribution in [0.2, 0.25) is 0 Å². The number of aromatic amines is 1. The van der Waals surface area contributed by atoms with Crippen molar-refractivity contribution in [1.29, 1.82) is 0 Å². The molecule has 0 spiro atoms. The second-order valence-electron chi connectivity index (χ2n) is 5.83. The number of thiazole rings is 1. The molecule has 6 nitrogen and oxygen atoms in total. The lowest BCUT2D eigenvalue weighted by molar-refractivity contribution is 0.620. The number of imidazole rings is 1. The van der Waals surface area contributed by atoms with Gasteiger partial charge in [0.15, 0.2) is 16.6 Å². The SMILES string of the molecule is Fc1cccc(Cn2ncc3[nH]c(-c4cccn4-c4nccs4)nc32)c1. The number of fused-ring (bicyclic) bond motifs is 1. The lowest BCUT2D eigenvalue weighted by atomic mass is 10.2. The van der Waals surface area contributed by atoms with Crippen LogP contribution in [-0.2, 0) is 6.54 Å². The maximum absolute atomic E-state index is 13.4. The molecule has 0 saturated carbocycles. The van der Waals surface area contributed by atoms with E-state index in [1.807, 2.05) is 34.3 Å². The van der Waals surface area contributed by atoms with Crippen LogP contribution in [0.4, 0.5) is 4.39 Å². The van der Waals surface area contributed by atoms with E-state index in [9.17, 15) is 4.39 Å². The number of rotatable bonds is 4. The van der Waals surface area contributed by atoms with Crippen LogP contribution < -0.4 is 0 Å². The lowest BCUT2D eigenvalue weighted by Gasteiger charge is -2.03. The number of halogens is 1. The normalized spacial score (nSPS) is 11.4. The van der Waals surface area contributed by atoms with Gasteiger partial charge in [0.25, 0.3) is 0 Å². The quantitative estimate of drug-likeness (QED) is 0.527. The van der Waals surface area contributed by atoms with Gasteiger partial charge in [-0.1, -0.05) is 12.1 Å². The highest BCUT2D eigenvalue weighted by molar-refractivity contribution is 7.12. The van der Waals surface area contributed by atoms with Crippen LogP contribution in [0.3, 0.4) is 0 Å². The lowest BCUT2D eigenvalue weighted by Crippen LogP contribution is -2.02. The predicted octanol–water partition coefficient (Wildman–Crippen LogP) is 3.86. The van der Waals surface area contributed by atoms with Gasteiger partial charge in [0.05, 0.1) is 18.4 Å². The summed E-state index contributed by atoms with van der Waals surface area (Å²) in [5, 5.41) is 7.18. The molecule has 5 aromatic rings. The average molecular weight is 364 g/mol. The largest absolute Gasteiger partial charge is 0.334 e. The minimum Gasteiger partial charge on any atom is -0.334 e. The molecule has 8 heteroatoms. The van der Waals surface area contributed by atoms with Crippen molar-refractivity contribution in [2.24, 2.45) is 0 Å². The van der Waals surface area contributed by atoms with E-state index in [1.54, 1.807) is 34.5 Å². The number of nitrogens with one attached hydrogen (secondary N) is 1. The standard InChI is InChI=1S/C18H13FN6S/c19-13-4-1-3-12(9-13)11-25-17-14(10-21-25)22-16(23-17)15-5-2-7-24(15)18-20-6-8-26-18/h1-10H,11H2,(H,22,23). The molecule has 0 amide bonds. The first-order valence-electron chi connectivity index (χ1n) is 8.01. The first-order valence-corrected chi connectivity index (χ1v) is 8.89. The van der Waals surface area contributed by atoms with E-state index in [0.717, 1.165) is 33.4 Å². The predicted molar refractivity (Wildman–Crippen MR) is 97.8 cm³/mol. The van der Waals surface area contributed by atoms with Crippen LogP contribution in [-0.4, -0.2) is 29.3 Å². The molecular weight excluding hydrogens is 351 g/mol. The molecule has 0 atom stereocenters. The van der Waals surface area contributed by atoms with Crippen LogP contribution in [0, 0.1) is 5.82 Å². The first-order chi connectivity index (χ1) is 12.8. The van der Waals surface area contributed by atoms with Gasteiger partial charge >= 0.3 is 0 Å². The fourth-order valence-corrected chi connectivity index (χ4v) is 3.61. The fourth-order valence-electron chi connectivity index (χ4n) is 2.97. The van der Waals surface area contributed by atoms with E-state index >= 15 is 0 Å². The molecule has 0 aliphatic rings. The van der Waals surface area contributed by atoms with Gasteiger partial charge in [-0.2, -0.15) is 5.10 Å². The summed E-state index contributed by atoms with van der Waals surface area (Å²) in [6.07, 6.45) is 5.47. The third-order valence-electron chi connectivity index (χ3n) is 4.12. The monoisotopic (exact) mass is 364 g/mol. The van der Waals surface area contributed by atoms with Crippen molar-refractivity contribution in [1.82, 2.24) is 29.3 Å². The Labute approximate surface area is 151 Å². The molecule has 0 fully saturated rings. The second kappa shape index (κ2) is 5.92. The molecule has 0 aliphatic carbocycles. The smallest absolute Gasteiger partial charge is 0.194 e. The Balaban J connectivity index is 1.54. The molecule has 0 saturated heterocycles. The molecule has 0 radical (unpaired) electrons. The Kier molecular flexibility index (Phi) is 3.42. The Hall–Kier alpha value is -3.26. The van der Waals surface area contributed by atoms with Crippen molar-refractivity contribution in [3.05, 3.63) is 71.7 Å². The molecule has 1 N–H and O–H groups in total. The molecule has 4 heterocycles. The van der Waals surface area contributed by atoms with Crippen molar-refractivity contribution in [3.8, 4) is 16.6 Å². The zero-order valence-electron chi connectivity index (χ0n) is 13.5. The minimum absolute atomic E-state index is 0.255. The van der Waals surface area contributed by atoms with Gasteiger partial charge in [-0.3, -0.25) is 4.57 Å². The highest BCUT2D eigenvalue weighted by atomic mass is 32.1. The van der Waals surface area contributed by atoms with Crippen LogP contribution in [0.5, 0.6) is 0 Å². The van der Waals surface area contributed by atoms with E-state index < -0.39 is 0 Å². The molecule has 26 heavy (non-hydrogen) atoms. The summed E-state index contributed by atoms with van der Waals surface area (Å²) in [7, 11) is 0. The van der Waals surface area contributed by atoms with Gasteiger partial charge in [-0.15, -0.1) is 11.3 Å². The zero-order chi connectivity index (χ0) is 17.5.